The Morgan fingerprint density at radius 3 is 2.28 bits per heavy atom. The van der Waals surface area contributed by atoms with Gasteiger partial charge in [-0.1, -0.05) is 0 Å². The van der Waals surface area contributed by atoms with E-state index in [1.54, 1.807) is 30.3 Å². The van der Waals surface area contributed by atoms with Crippen molar-refractivity contribution in [1.82, 2.24) is 15.6 Å². The third-order valence-electron chi connectivity index (χ3n) is 3.25. The number of benzene rings is 1. The second-order valence-electron chi connectivity index (χ2n) is 5.18. The van der Waals surface area contributed by atoms with Crippen molar-refractivity contribution in [2.24, 2.45) is 0 Å². The Labute approximate surface area is 143 Å². The number of anilines is 1. The lowest BCUT2D eigenvalue weighted by atomic mass is 10.2. The lowest BCUT2D eigenvalue weighted by molar-refractivity contribution is -0.118. The third kappa shape index (κ3) is 5.31. The van der Waals surface area contributed by atoms with Gasteiger partial charge in [-0.15, -0.1) is 0 Å². The minimum absolute atomic E-state index is 0.00212. The maximum absolute atomic E-state index is 12.0. The Morgan fingerprint density at radius 2 is 1.64 bits per heavy atom. The van der Waals surface area contributed by atoms with Crippen molar-refractivity contribution in [3.05, 3.63) is 64.1 Å². The molecule has 0 aliphatic heterocycles. The highest BCUT2D eigenvalue weighted by atomic mass is 16.2. The van der Waals surface area contributed by atoms with Crippen molar-refractivity contribution in [3.8, 4) is 0 Å². The van der Waals surface area contributed by atoms with E-state index in [1.165, 1.54) is 19.2 Å². The van der Waals surface area contributed by atoms with Gasteiger partial charge < -0.3 is 20.9 Å². The average Bonchev–Trinajstić information content (AvgIpc) is 2.59. The van der Waals surface area contributed by atoms with Crippen molar-refractivity contribution in [1.29, 1.82) is 0 Å². The van der Waals surface area contributed by atoms with Gasteiger partial charge in [-0.3, -0.25) is 19.2 Å². The molecule has 0 aliphatic carbocycles. The Balaban J connectivity index is 1.92. The van der Waals surface area contributed by atoms with Crippen LogP contribution in [0, 0.1) is 0 Å². The molecule has 3 amide bonds. The van der Waals surface area contributed by atoms with Gasteiger partial charge in [0.1, 0.15) is 5.56 Å². The van der Waals surface area contributed by atoms with Gasteiger partial charge in [-0.2, -0.15) is 0 Å². The summed E-state index contributed by atoms with van der Waals surface area (Å²) in [6.45, 7) is 2.06. The van der Waals surface area contributed by atoms with Crippen LogP contribution in [0.3, 0.4) is 0 Å². The Kier molecular flexibility index (Phi) is 6.05. The van der Waals surface area contributed by atoms with E-state index in [9.17, 15) is 19.2 Å². The highest BCUT2D eigenvalue weighted by Gasteiger charge is 2.10. The fourth-order valence-electron chi connectivity index (χ4n) is 2.02. The van der Waals surface area contributed by atoms with Crippen LogP contribution < -0.4 is 21.5 Å². The molecule has 0 saturated carbocycles. The number of amides is 3. The molecule has 8 heteroatoms. The summed E-state index contributed by atoms with van der Waals surface area (Å²) in [5, 5.41) is 7.83. The predicted octanol–water partition coefficient (Wildman–Crippen LogP) is 0.493. The van der Waals surface area contributed by atoms with Gasteiger partial charge in [0, 0.05) is 37.5 Å². The van der Waals surface area contributed by atoms with Gasteiger partial charge in [0.25, 0.3) is 17.4 Å². The number of hydrogen-bond acceptors (Lipinski definition) is 4. The summed E-state index contributed by atoms with van der Waals surface area (Å²) in [6, 6.07) is 9.22. The number of carbonyl (C=O) groups excluding carboxylic acids is 3. The minimum atomic E-state index is -0.533. The Hall–Kier alpha value is -3.42. The summed E-state index contributed by atoms with van der Waals surface area (Å²) in [4.78, 5) is 48.7. The molecule has 4 N–H and O–H groups in total. The lowest BCUT2D eigenvalue weighted by Gasteiger charge is -2.08. The largest absolute Gasteiger partial charge is 0.355 e. The number of aromatic nitrogens is 1. The molecule has 0 aliphatic rings. The smallest absolute Gasteiger partial charge is 0.261 e. The highest BCUT2D eigenvalue weighted by Crippen LogP contribution is 2.10. The number of rotatable bonds is 6. The zero-order valence-corrected chi connectivity index (χ0v) is 13.6. The zero-order valence-electron chi connectivity index (χ0n) is 13.6. The number of carbonyl (C=O) groups is 3. The molecule has 0 saturated heterocycles. The predicted molar refractivity (Wildman–Crippen MR) is 92.5 cm³/mol. The number of H-pyrrole nitrogens is 1. The molecule has 25 heavy (non-hydrogen) atoms. The van der Waals surface area contributed by atoms with Crippen LogP contribution >= 0.6 is 0 Å². The van der Waals surface area contributed by atoms with Crippen LogP contribution in [-0.2, 0) is 4.79 Å². The molecule has 1 heterocycles. The number of nitrogens with one attached hydrogen (secondary N) is 4. The zero-order chi connectivity index (χ0) is 18.2. The van der Waals surface area contributed by atoms with Crippen LogP contribution in [0.15, 0.2) is 47.4 Å². The molecule has 1 aromatic heterocycles. The van der Waals surface area contributed by atoms with Crippen molar-refractivity contribution >= 4 is 23.4 Å². The van der Waals surface area contributed by atoms with Crippen LogP contribution in [0.1, 0.15) is 27.6 Å². The number of aromatic amines is 1. The van der Waals surface area contributed by atoms with E-state index in [0.29, 0.717) is 24.3 Å². The normalized spacial score (nSPS) is 9.96. The maximum atomic E-state index is 12.0. The number of hydrogen-bond donors (Lipinski definition) is 4. The minimum Gasteiger partial charge on any atom is -0.355 e. The van der Waals surface area contributed by atoms with Gasteiger partial charge in [0.15, 0.2) is 0 Å². The molecule has 0 radical (unpaired) electrons. The average molecular weight is 342 g/mol. The Morgan fingerprint density at radius 1 is 0.960 bits per heavy atom. The van der Waals surface area contributed by atoms with Gasteiger partial charge >= 0.3 is 0 Å². The van der Waals surface area contributed by atoms with Crippen LogP contribution in [0.4, 0.5) is 5.69 Å². The standard InChI is InChI=1S/C17H18N4O4/c1-11(22)18-9-10-20-15(23)12-4-6-13(7-5-12)21-17(25)14-3-2-8-19-16(14)24/h2-8H,9-10H2,1H3,(H,18,22)(H,19,24)(H,20,23)(H,21,25). The van der Waals surface area contributed by atoms with Crippen LogP contribution in [0.5, 0.6) is 0 Å². The third-order valence-corrected chi connectivity index (χ3v) is 3.25. The van der Waals surface area contributed by atoms with E-state index >= 15 is 0 Å². The van der Waals surface area contributed by atoms with Gasteiger partial charge in [-0.25, -0.2) is 0 Å². The van der Waals surface area contributed by atoms with E-state index < -0.39 is 11.5 Å². The van der Waals surface area contributed by atoms with E-state index in [4.69, 9.17) is 0 Å². The fourth-order valence-corrected chi connectivity index (χ4v) is 2.02. The molecule has 0 unspecified atom stereocenters. The first kappa shape index (κ1) is 17.9. The second-order valence-corrected chi connectivity index (χ2v) is 5.18. The topological polar surface area (TPSA) is 120 Å². The number of pyridine rings is 1. The summed E-state index contributed by atoms with van der Waals surface area (Å²) in [5.74, 6) is -0.983. The first-order valence-corrected chi connectivity index (χ1v) is 7.59. The monoisotopic (exact) mass is 342 g/mol. The van der Waals surface area contributed by atoms with Gasteiger partial charge in [0.2, 0.25) is 5.91 Å². The molecule has 0 bridgehead atoms. The van der Waals surface area contributed by atoms with E-state index in [0.717, 1.165) is 0 Å². The summed E-state index contributed by atoms with van der Waals surface area (Å²) in [6.07, 6.45) is 1.44. The molecule has 0 fully saturated rings. The summed E-state index contributed by atoms with van der Waals surface area (Å²) < 4.78 is 0. The SMILES string of the molecule is CC(=O)NCCNC(=O)c1ccc(NC(=O)c2ccc[nH]c2=O)cc1. The van der Waals surface area contributed by atoms with Crippen LogP contribution in [0.2, 0.25) is 0 Å². The first-order chi connectivity index (χ1) is 12.0. The van der Waals surface area contributed by atoms with Crippen LogP contribution in [-0.4, -0.2) is 35.8 Å². The molecular formula is C17H18N4O4. The Bertz CT molecular complexity index is 827. The molecule has 2 aromatic rings. The fraction of sp³-hybridized carbons (Fsp3) is 0.176. The van der Waals surface area contributed by atoms with E-state index in [2.05, 4.69) is 20.9 Å². The molecule has 1 aromatic carbocycles. The van der Waals surface area contributed by atoms with E-state index in [1.807, 2.05) is 0 Å². The molecule has 8 nitrogen and oxygen atoms in total. The maximum Gasteiger partial charge on any atom is 0.261 e. The molecule has 130 valence electrons. The van der Waals surface area contributed by atoms with Crippen molar-refractivity contribution in [3.63, 3.8) is 0 Å². The van der Waals surface area contributed by atoms with Crippen molar-refractivity contribution in [2.45, 2.75) is 6.92 Å². The lowest BCUT2D eigenvalue weighted by Crippen LogP contribution is -2.33. The molecule has 0 atom stereocenters. The molecular weight excluding hydrogens is 324 g/mol. The van der Waals surface area contributed by atoms with Gasteiger partial charge in [-0.05, 0) is 36.4 Å². The molecule has 2 rings (SSSR count). The summed E-state index contributed by atoms with van der Waals surface area (Å²) >= 11 is 0. The van der Waals surface area contributed by atoms with Gasteiger partial charge in [0.05, 0.1) is 0 Å². The molecule has 0 spiro atoms. The van der Waals surface area contributed by atoms with E-state index in [-0.39, 0.29) is 17.4 Å². The first-order valence-electron chi connectivity index (χ1n) is 7.59. The van der Waals surface area contributed by atoms with Crippen molar-refractivity contribution in [2.75, 3.05) is 18.4 Å². The summed E-state index contributed by atoms with van der Waals surface area (Å²) in [5.41, 5.74) is 0.402. The second kappa shape index (κ2) is 8.44. The quantitative estimate of drug-likeness (QED) is 0.571. The van der Waals surface area contributed by atoms with Crippen LogP contribution in [0.25, 0.3) is 0 Å². The highest BCUT2D eigenvalue weighted by molar-refractivity contribution is 6.04. The summed E-state index contributed by atoms with van der Waals surface area (Å²) in [7, 11) is 0. The van der Waals surface area contributed by atoms with Crippen molar-refractivity contribution < 1.29 is 14.4 Å².